The number of halogens is 1. The first-order chi connectivity index (χ1) is 20.9. The first kappa shape index (κ1) is 31.2. The second kappa shape index (κ2) is 14.5. The summed E-state index contributed by atoms with van der Waals surface area (Å²) in [6.07, 6.45) is 24.3. The van der Waals surface area contributed by atoms with Crippen molar-refractivity contribution in [2.75, 3.05) is 23.9 Å². The molecule has 216 valence electrons. The summed E-state index contributed by atoms with van der Waals surface area (Å²) in [5, 5.41) is 5.07. The van der Waals surface area contributed by atoms with Crippen LogP contribution in [0.15, 0.2) is 121 Å². The van der Waals surface area contributed by atoms with E-state index in [9.17, 15) is 0 Å². The molecule has 0 unspecified atom stereocenters. The van der Waals surface area contributed by atoms with Crippen LogP contribution in [0.25, 0.3) is 56.0 Å². The highest BCUT2D eigenvalue weighted by atomic mass is 127. The molecule has 0 bridgehead atoms. The summed E-state index contributed by atoms with van der Waals surface area (Å²) in [7, 11) is 0.0201. The second-order valence-corrected chi connectivity index (χ2v) is 14.6. The zero-order chi connectivity index (χ0) is 30.3. The number of benzene rings is 4. The summed E-state index contributed by atoms with van der Waals surface area (Å²) in [6.45, 7) is 13.4. The number of alkyl halides is 1. The van der Waals surface area contributed by atoms with Crippen LogP contribution in [0.4, 0.5) is 0 Å². The van der Waals surface area contributed by atoms with Crippen LogP contribution in [0.3, 0.4) is 0 Å². The molecule has 0 atom stereocenters. The van der Waals surface area contributed by atoms with Gasteiger partial charge in [-0.15, -0.1) is 7.92 Å². The molecule has 0 aliphatic heterocycles. The van der Waals surface area contributed by atoms with Crippen LogP contribution in [0, 0.1) is 0 Å². The van der Waals surface area contributed by atoms with Crippen molar-refractivity contribution in [1.29, 1.82) is 0 Å². The minimum Gasteiger partial charge on any atom is -0.109 e. The highest BCUT2D eigenvalue weighted by Gasteiger charge is 2.20. The quantitative estimate of drug-likeness (QED) is 0.0932. The van der Waals surface area contributed by atoms with Crippen molar-refractivity contribution in [2.45, 2.75) is 20.3 Å². The Morgan fingerprint density at radius 3 is 2.47 bits per heavy atom. The molecular formula is C41H40IP. The molecule has 5 rings (SSSR count). The van der Waals surface area contributed by atoms with Gasteiger partial charge in [0, 0.05) is 4.43 Å². The fourth-order valence-corrected chi connectivity index (χ4v) is 7.10. The highest BCUT2D eigenvalue weighted by Crippen LogP contribution is 2.43. The van der Waals surface area contributed by atoms with Crippen LogP contribution in [0.5, 0.6) is 0 Å². The van der Waals surface area contributed by atoms with E-state index in [1.54, 1.807) is 0 Å². The molecule has 43 heavy (non-hydrogen) atoms. The van der Waals surface area contributed by atoms with Gasteiger partial charge in [-0.1, -0.05) is 138 Å². The summed E-state index contributed by atoms with van der Waals surface area (Å²) in [6, 6.07) is 22.6. The normalized spacial score (nSPS) is 15.1. The van der Waals surface area contributed by atoms with Crippen molar-refractivity contribution in [1.82, 2.24) is 0 Å². The highest BCUT2D eigenvalue weighted by molar-refractivity contribution is 14.1. The average molecular weight is 691 g/mol. The monoisotopic (exact) mass is 690 g/mol. The fraction of sp³-hybridized carbons (Fsp3) is 0.171. The van der Waals surface area contributed by atoms with E-state index < -0.39 is 0 Å². The van der Waals surface area contributed by atoms with Gasteiger partial charge in [0.2, 0.25) is 0 Å². The Balaban J connectivity index is 1.87. The number of hydrogen-bond acceptors (Lipinski definition) is 0. The molecule has 2 heteroatoms. The average Bonchev–Trinajstić information content (AvgIpc) is 3.04. The Hall–Kier alpha value is -3.26. The molecule has 0 spiro atoms. The third-order valence-electron chi connectivity index (χ3n) is 8.06. The van der Waals surface area contributed by atoms with E-state index in [0.717, 1.165) is 17.0 Å². The lowest BCUT2D eigenvalue weighted by Gasteiger charge is -2.22. The molecule has 0 amide bonds. The van der Waals surface area contributed by atoms with Gasteiger partial charge in [0.05, 0.1) is 0 Å². The molecule has 0 radical (unpaired) electrons. The Morgan fingerprint density at radius 1 is 0.953 bits per heavy atom. The Kier molecular flexibility index (Phi) is 10.5. The van der Waals surface area contributed by atoms with Gasteiger partial charge >= 0.3 is 0 Å². The predicted molar refractivity (Wildman–Crippen MR) is 207 cm³/mol. The molecule has 1 aliphatic carbocycles. The van der Waals surface area contributed by atoms with Crippen LogP contribution < -0.4 is 0 Å². The zero-order valence-electron chi connectivity index (χ0n) is 25.7. The van der Waals surface area contributed by atoms with E-state index in [1.165, 1.54) is 71.6 Å². The third-order valence-corrected chi connectivity index (χ3v) is 9.79. The topological polar surface area (TPSA) is 0 Å². The standard InChI is InChI=1S/C41H40IP/c1-6-13-37-36(7-2)40(34-21-20-31-16-11-12-17-33(31)26-34)39-27-32(29(3)24-25-43(4)5)22-23-38(39)41(37)35(28-42)19-18-30-14-9-8-10-15-30/h6-14,16-24,26-27H,2,15,25,28H2,1,3-5H3/b13-6-,29-24+,30-18-,35-19+. The molecule has 0 saturated heterocycles. The van der Waals surface area contributed by atoms with E-state index in [1.807, 2.05) is 0 Å². The van der Waals surface area contributed by atoms with Gasteiger partial charge in [-0.05, 0) is 124 Å². The van der Waals surface area contributed by atoms with Crippen LogP contribution in [-0.2, 0) is 0 Å². The van der Waals surface area contributed by atoms with Gasteiger partial charge in [0.1, 0.15) is 0 Å². The lowest BCUT2D eigenvalue weighted by Crippen LogP contribution is -2.00. The summed E-state index contributed by atoms with van der Waals surface area (Å²) in [5.74, 6) is 0. The number of hydrogen-bond donors (Lipinski definition) is 0. The Bertz CT molecular complexity index is 1860. The van der Waals surface area contributed by atoms with Crippen molar-refractivity contribution in [3.63, 3.8) is 0 Å². The van der Waals surface area contributed by atoms with Crippen LogP contribution in [0.1, 0.15) is 42.5 Å². The second-order valence-electron chi connectivity index (χ2n) is 11.3. The van der Waals surface area contributed by atoms with E-state index in [0.29, 0.717) is 0 Å². The van der Waals surface area contributed by atoms with Crippen molar-refractivity contribution < 1.29 is 0 Å². The molecule has 4 aromatic rings. The van der Waals surface area contributed by atoms with Crippen LogP contribution >= 0.6 is 30.5 Å². The maximum atomic E-state index is 4.39. The van der Waals surface area contributed by atoms with Crippen molar-refractivity contribution >= 4 is 75.4 Å². The summed E-state index contributed by atoms with van der Waals surface area (Å²) < 4.78 is 0.907. The summed E-state index contributed by atoms with van der Waals surface area (Å²) in [4.78, 5) is 0. The first-order valence-corrected chi connectivity index (χ1v) is 18.9. The molecular weight excluding hydrogens is 650 g/mol. The predicted octanol–water partition coefficient (Wildman–Crippen LogP) is 12.7. The lowest BCUT2D eigenvalue weighted by atomic mass is 9.82. The summed E-state index contributed by atoms with van der Waals surface area (Å²) in [5.41, 5.74) is 11.5. The smallest absolute Gasteiger partial charge is 0.0253 e. The first-order valence-electron chi connectivity index (χ1n) is 14.9. The van der Waals surface area contributed by atoms with Crippen molar-refractivity contribution in [3.8, 4) is 11.1 Å². The van der Waals surface area contributed by atoms with Gasteiger partial charge in [0.25, 0.3) is 0 Å². The number of allylic oxidation sites excluding steroid dienone is 11. The van der Waals surface area contributed by atoms with Crippen molar-refractivity contribution in [2.24, 2.45) is 0 Å². The molecule has 0 saturated carbocycles. The van der Waals surface area contributed by atoms with E-state index >= 15 is 0 Å². The van der Waals surface area contributed by atoms with Crippen LogP contribution in [0.2, 0.25) is 0 Å². The van der Waals surface area contributed by atoms with Gasteiger partial charge < -0.3 is 0 Å². The molecule has 0 N–H and O–H groups in total. The Labute approximate surface area is 272 Å². The van der Waals surface area contributed by atoms with E-state index in [2.05, 4.69) is 178 Å². The summed E-state index contributed by atoms with van der Waals surface area (Å²) >= 11 is 2.53. The third kappa shape index (κ3) is 6.95. The largest absolute Gasteiger partial charge is 0.109 e. The van der Waals surface area contributed by atoms with E-state index in [-0.39, 0.29) is 7.92 Å². The molecule has 1 aliphatic rings. The molecule has 0 fully saturated rings. The van der Waals surface area contributed by atoms with Gasteiger partial charge in [-0.3, -0.25) is 0 Å². The van der Waals surface area contributed by atoms with Gasteiger partial charge in [-0.2, -0.15) is 0 Å². The fourth-order valence-electron chi connectivity index (χ4n) is 5.82. The van der Waals surface area contributed by atoms with Crippen molar-refractivity contribution in [3.05, 3.63) is 144 Å². The Morgan fingerprint density at radius 2 is 1.77 bits per heavy atom. The molecule has 0 aromatic heterocycles. The maximum absolute atomic E-state index is 4.39. The molecule has 0 heterocycles. The zero-order valence-corrected chi connectivity index (χ0v) is 28.8. The number of fused-ring (bicyclic) bond motifs is 2. The SMILES string of the molecule is C=Cc1c(/C=C\C)c(/C(=C/C=C2/C=CC=CC2)CI)c2ccc(/C(C)=C/CP(C)C)cc2c1-c1ccc2ccccc2c1. The number of rotatable bonds is 9. The van der Waals surface area contributed by atoms with Crippen LogP contribution in [-0.4, -0.2) is 23.9 Å². The van der Waals surface area contributed by atoms with Gasteiger partial charge in [0.15, 0.2) is 0 Å². The molecule has 0 nitrogen and oxygen atoms in total. The van der Waals surface area contributed by atoms with Gasteiger partial charge in [-0.25, -0.2) is 0 Å². The molecule has 4 aromatic carbocycles. The van der Waals surface area contributed by atoms with E-state index in [4.69, 9.17) is 0 Å². The minimum atomic E-state index is 0.0201. The maximum Gasteiger partial charge on any atom is 0.0253 e. The minimum absolute atomic E-state index is 0.0201. The lowest BCUT2D eigenvalue weighted by molar-refractivity contribution is 1.26.